The van der Waals surface area contributed by atoms with Gasteiger partial charge in [0.25, 0.3) is 5.91 Å². The van der Waals surface area contributed by atoms with E-state index in [2.05, 4.69) is 15.5 Å². The molecule has 0 saturated carbocycles. The summed E-state index contributed by atoms with van der Waals surface area (Å²) in [5, 5.41) is 6.24. The Morgan fingerprint density at radius 2 is 2.15 bits per heavy atom. The summed E-state index contributed by atoms with van der Waals surface area (Å²) in [7, 11) is 0. The monoisotopic (exact) mass is 269 g/mol. The van der Waals surface area contributed by atoms with Gasteiger partial charge in [-0.05, 0) is 18.2 Å². The molecule has 0 aliphatic rings. The first-order valence-electron chi connectivity index (χ1n) is 6.01. The van der Waals surface area contributed by atoms with Gasteiger partial charge >= 0.3 is 0 Å². The van der Waals surface area contributed by atoms with Crippen LogP contribution in [0.5, 0.6) is 0 Å². The third-order valence-corrected chi connectivity index (χ3v) is 2.75. The van der Waals surface area contributed by atoms with Crippen LogP contribution in [0, 0.1) is 0 Å². The number of carbonyl (C=O) groups is 1. The zero-order chi connectivity index (χ0) is 13.8. The maximum absolute atomic E-state index is 11.8. The van der Waals surface area contributed by atoms with E-state index in [4.69, 9.17) is 8.94 Å². The number of pyridine rings is 1. The summed E-state index contributed by atoms with van der Waals surface area (Å²) in [5.41, 5.74) is 1.56. The lowest BCUT2D eigenvalue weighted by atomic mass is 10.1. The molecule has 3 heterocycles. The molecule has 0 saturated heterocycles. The van der Waals surface area contributed by atoms with E-state index in [1.807, 2.05) is 18.2 Å². The maximum Gasteiger partial charge on any atom is 0.290 e. The molecule has 6 nitrogen and oxygen atoms in total. The minimum atomic E-state index is -0.322. The summed E-state index contributed by atoms with van der Waals surface area (Å²) in [6.45, 7) is 0.323. The SMILES string of the molecule is O=C(NCc1cccnc1-c1ccco1)c1ccno1. The molecular formula is C14H11N3O3. The molecule has 20 heavy (non-hydrogen) atoms. The van der Waals surface area contributed by atoms with Gasteiger partial charge in [-0.3, -0.25) is 9.78 Å². The van der Waals surface area contributed by atoms with E-state index in [-0.39, 0.29) is 11.7 Å². The van der Waals surface area contributed by atoms with Crippen molar-refractivity contribution in [2.75, 3.05) is 0 Å². The molecule has 100 valence electrons. The molecule has 0 aromatic carbocycles. The highest BCUT2D eigenvalue weighted by Crippen LogP contribution is 2.21. The van der Waals surface area contributed by atoms with Crippen LogP contribution in [0.4, 0.5) is 0 Å². The fourth-order valence-corrected chi connectivity index (χ4v) is 1.81. The second kappa shape index (κ2) is 5.40. The number of hydrogen-bond donors (Lipinski definition) is 1. The summed E-state index contributed by atoms with van der Waals surface area (Å²) in [6, 6.07) is 8.81. The second-order valence-corrected chi connectivity index (χ2v) is 4.05. The van der Waals surface area contributed by atoms with Crippen molar-refractivity contribution in [3.05, 3.63) is 60.3 Å². The smallest absolute Gasteiger partial charge is 0.290 e. The van der Waals surface area contributed by atoms with E-state index in [0.717, 1.165) is 5.56 Å². The first kappa shape index (κ1) is 12.2. The van der Waals surface area contributed by atoms with E-state index < -0.39 is 0 Å². The average Bonchev–Trinajstić information content (AvgIpc) is 3.17. The number of aromatic nitrogens is 2. The van der Waals surface area contributed by atoms with Crippen LogP contribution in [0.3, 0.4) is 0 Å². The molecule has 0 bridgehead atoms. The van der Waals surface area contributed by atoms with Crippen molar-refractivity contribution >= 4 is 5.91 Å². The van der Waals surface area contributed by atoms with Crippen molar-refractivity contribution in [3.8, 4) is 11.5 Å². The van der Waals surface area contributed by atoms with Crippen LogP contribution in [0.25, 0.3) is 11.5 Å². The van der Waals surface area contributed by atoms with Gasteiger partial charge in [-0.2, -0.15) is 0 Å². The lowest BCUT2D eigenvalue weighted by Crippen LogP contribution is -2.22. The zero-order valence-corrected chi connectivity index (χ0v) is 10.4. The number of nitrogens with one attached hydrogen (secondary N) is 1. The van der Waals surface area contributed by atoms with Gasteiger partial charge < -0.3 is 14.3 Å². The lowest BCUT2D eigenvalue weighted by Gasteiger charge is -2.07. The van der Waals surface area contributed by atoms with Crippen LogP contribution < -0.4 is 5.32 Å². The van der Waals surface area contributed by atoms with Crippen LogP contribution in [-0.4, -0.2) is 16.0 Å². The third-order valence-electron chi connectivity index (χ3n) is 2.75. The molecule has 0 atom stereocenters. The molecule has 6 heteroatoms. The largest absolute Gasteiger partial charge is 0.463 e. The first-order valence-corrected chi connectivity index (χ1v) is 6.01. The Hall–Kier alpha value is -2.89. The summed E-state index contributed by atoms with van der Waals surface area (Å²) in [5.74, 6) is 0.514. The van der Waals surface area contributed by atoms with Crippen molar-refractivity contribution < 1.29 is 13.7 Å². The van der Waals surface area contributed by atoms with Crippen molar-refractivity contribution in [2.45, 2.75) is 6.54 Å². The Morgan fingerprint density at radius 1 is 1.20 bits per heavy atom. The second-order valence-electron chi connectivity index (χ2n) is 4.05. The van der Waals surface area contributed by atoms with Crippen molar-refractivity contribution in [3.63, 3.8) is 0 Å². The highest BCUT2D eigenvalue weighted by molar-refractivity contribution is 5.91. The average molecular weight is 269 g/mol. The molecule has 1 N–H and O–H groups in total. The molecule has 3 rings (SSSR count). The van der Waals surface area contributed by atoms with Gasteiger partial charge in [-0.25, -0.2) is 0 Å². The van der Waals surface area contributed by atoms with Crippen LogP contribution in [0.2, 0.25) is 0 Å². The molecule has 0 unspecified atom stereocenters. The van der Waals surface area contributed by atoms with Crippen molar-refractivity contribution in [1.29, 1.82) is 0 Å². The van der Waals surface area contributed by atoms with Gasteiger partial charge in [0.2, 0.25) is 5.76 Å². The van der Waals surface area contributed by atoms with E-state index in [1.165, 1.54) is 12.3 Å². The molecular weight excluding hydrogens is 258 g/mol. The zero-order valence-electron chi connectivity index (χ0n) is 10.4. The fraction of sp³-hybridized carbons (Fsp3) is 0.0714. The standard InChI is InChI=1S/C14H11N3O3/c18-14(12-5-7-17-20-12)16-9-10-3-1-6-15-13(10)11-4-2-8-19-11/h1-8H,9H2,(H,16,18). The molecule has 3 aromatic heterocycles. The predicted octanol–water partition coefficient (Wildman–Crippen LogP) is 2.26. The Kier molecular flexibility index (Phi) is 3.28. The van der Waals surface area contributed by atoms with E-state index in [9.17, 15) is 4.79 Å². The molecule has 0 radical (unpaired) electrons. The van der Waals surface area contributed by atoms with Gasteiger partial charge in [0.05, 0.1) is 12.5 Å². The molecule has 0 aliphatic heterocycles. The minimum absolute atomic E-state index is 0.174. The number of rotatable bonds is 4. The number of carbonyl (C=O) groups excluding carboxylic acids is 1. The Morgan fingerprint density at radius 3 is 2.90 bits per heavy atom. The van der Waals surface area contributed by atoms with E-state index in [1.54, 1.807) is 18.5 Å². The van der Waals surface area contributed by atoms with Crippen LogP contribution in [-0.2, 0) is 6.54 Å². The normalized spacial score (nSPS) is 10.4. The fourth-order valence-electron chi connectivity index (χ4n) is 1.81. The summed E-state index contributed by atoms with van der Waals surface area (Å²) in [4.78, 5) is 16.1. The highest BCUT2D eigenvalue weighted by Gasteiger charge is 2.12. The minimum Gasteiger partial charge on any atom is -0.463 e. The van der Waals surface area contributed by atoms with Gasteiger partial charge in [0.1, 0.15) is 5.69 Å². The quantitative estimate of drug-likeness (QED) is 0.785. The molecule has 0 fully saturated rings. The topological polar surface area (TPSA) is 81.2 Å². The third kappa shape index (κ3) is 2.44. The van der Waals surface area contributed by atoms with Crippen molar-refractivity contribution in [2.24, 2.45) is 0 Å². The number of furan rings is 1. The molecule has 3 aromatic rings. The number of nitrogens with zero attached hydrogens (tertiary/aromatic N) is 2. The summed E-state index contributed by atoms with van der Waals surface area (Å²) >= 11 is 0. The van der Waals surface area contributed by atoms with Gasteiger partial charge in [-0.15, -0.1) is 0 Å². The first-order chi connectivity index (χ1) is 9.84. The molecule has 0 spiro atoms. The Balaban J connectivity index is 1.77. The van der Waals surface area contributed by atoms with Crippen LogP contribution in [0.15, 0.2) is 57.9 Å². The summed E-state index contributed by atoms with van der Waals surface area (Å²) < 4.78 is 10.1. The lowest BCUT2D eigenvalue weighted by molar-refractivity contribution is 0.0914. The van der Waals surface area contributed by atoms with E-state index in [0.29, 0.717) is 18.0 Å². The number of amides is 1. The van der Waals surface area contributed by atoms with Crippen LogP contribution in [0.1, 0.15) is 16.1 Å². The maximum atomic E-state index is 11.8. The Bertz CT molecular complexity index is 690. The van der Waals surface area contributed by atoms with Gasteiger partial charge in [0.15, 0.2) is 5.76 Å². The number of hydrogen-bond acceptors (Lipinski definition) is 5. The molecule has 1 amide bonds. The van der Waals surface area contributed by atoms with Crippen LogP contribution >= 0.6 is 0 Å². The van der Waals surface area contributed by atoms with Gasteiger partial charge in [0, 0.05) is 24.4 Å². The highest BCUT2D eigenvalue weighted by atomic mass is 16.5. The molecule has 0 aliphatic carbocycles. The van der Waals surface area contributed by atoms with Gasteiger partial charge in [-0.1, -0.05) is 11.2 Å². The predicted molar refractivity (Wildman–Crippen MR) is 69.6 cm³/mol. The summed E-state index contributed by atoms with van der Waals surface area (Å²) in [6.07, 6.45) is 4.69. The van der Waals surface area contributed by atoms with Crippen molar-refractivity contribution in [1.82, 2.24) is 15.5 Å². The Labute approximate surface area is 114 Å². The van der Waals surface area contributed by atoms with E-state index >= 15 is 0 Å².